The van der Waals surface area contributed by atoms with E-state index in [1.165, 1.54) is 5.56 Å². The molecule has 3 heterocycles. The number of anilines is 2. The van der Waals surface area contributed by atoms with E-state index in [4.69, 9.17) is 0 Å². The Bertz CT molecular complexity index is 959. The van der Waals surface area contributed by atoms with Crippen LogP contribution in [0, 0.1) is 0 Å². The first-order valence-electron chi connectivity index (χ1n) is 9.86. The number of likely N-dealkylation sites (N-methyl/N-ethyl adjacent to an activating group) is 1. The molecule has 1 aromatic carbocycles. The smallest absolute Gasteiger partial charge is 0.277 e. The normalized spacial score (nSPS) is 14.8. The molecule has 29 heavy (non-hydrogen) atoms. The lowest BCUT2D eigenvalue weighted by atomic mass is 10.1. The van der Waals surface area contributed by atoms with Crippen LogP contribution in [0.5, 0.6) is 0 Å². The molecule has 0 aliphatic carbocycles. The highest BCUT2D eigenvalue weighted by atomic mass is 16.2. The number of nitrogens with one attached hydrogen (secondary N) is 1. The molecule has 4 rings (SSSR count). The zero-order valence-electron chi connectivity index (χ0n) is 16.9. The number of nitrogens with zero attached hydrogens (tertiary/aromatic N) is 5. The third-order valence-electron chi connectivity index (χ3n) is 5.30. The summed E-state index contributed by atoms with van der Waals surface area (Å²) in [6, 6.07) is 15.8. The van der Waals surface area contributed by atoms with Crippen LogP contribution in [-0.4, -0.2) is 58.8 Å². The third-order valence-corrected chi connectivity index (χ3v) is 5.30. The van der Waals surface area contributed by atoms with Crippen molar-refractivity contribution in [3.05, 3.63) is 71.7 Å². The Balaban J connectivity index is 1.40. The van der Waals surface area contributed by atoms with Crippen molar-refractivity contribution in [3.8, 4) is 0 Å². The Morgan fingerprint density at radius 3 is 2.48 bits per heavy atom. The van der Waals surface area contributed by atoms with Crippen LogP contribution in [0.3, 0.4) is 0 Å². The number of aryl methyl sites for hydroxylation is 1. The van der Waals surface area contributed by atoms with E-state index < -0.39 is 0 Å². The highest BCUT2D eigenvalue weighted by Crippen LogP contribution is 2.17. The Kier molecular flexibility index (Phi) is 5.57. The highest BCUT2D eigenvalue weighted by molar-refractivity contribution is 6.02. The molecule has 1 aliphatic rings. The van der Waals surface area contributed by atoms with Gasteiger partial charge in [0.25, 0.3) is 5.91 Å². The summed E-state index contributed by atoms with van der Waals surface area (Å²) in [6.07, 6.45) is 2.55. The van der Waals surface area contributed by atoms with E-state index in [1.54, 1.807) is 4.68 Å². The quantitative estimate of drug-likeness (QED) is 0.725. The second-order valence-electron chi connectivity index (χ2n) is 7.45. The largest absolute Gasteiger partial charge is 0.368 e. The summed E-state index contributed by atoms with van der Waals surface area (Å²) in [5.41, 5.74) is 3.64. The van der Waals surface area contributed by atoms with Crippen molar-refractivity contribution in [2.45, 2.75) is 6.42 Å². The number of carbonyl (C=O) groups excluding carboxylic acids is 1. The molecular formula is C22H26N6O. The van der Waals surface area contributed by atoms with Crippen molar-refractivity contribution in [2.24, 2.45) is 7.05 Å². The average molecular weight is 390 g/mol. The fourth-order valence-corrected chi connectivity index (χ4v) is 3.48. The van der Waals surface area contributed by atoms with Gasteiger partial charge in [0.1, 0.15) is 5.82 Å². The summed E-state index contributed by atoms with van der Waals surface area (Å²) in [7, 11) is 4.00. The standard InChI is InChI=1S/C22H26N6O/c1-26-10-12-28(13-11-26)18-8-9-21(23-16-18)24-22(29)20-15-19(27(2)25-20)14-17-6-4-3-5-7-17/h3-9,15-16H,10-14H2,1-2H3,(H,23,24,29). The molecule has 1 aliphatic heterocycles. The van der Waals surface area contributed by atoms with Gasteiger partial charge in [-0.05, 0) is 30.8 Å². The Morgan fingerprint density at radius 1 is 1.03 bits per heavy atom. The summed E-state index contributed by atoms with van der Waals surface area (Å²) < 4.78 is 1.76. The first kappa shape index (κ1) is 19.1. The summed E-state index contributed by atoms with van der Waals surface area (Å²) in [5.74, 6) is 0.280. The lowest BCUT2D eigenvalue weighted by molar-refractivity contribution is 0.102. The van der Waals surface area contributed by atoms with E-state index in [0.29, 0.717) is 11.5 Å². The topological polar surface area (TPSA) is 66.3 Å². The van der Waals surface area contributed by atoms with Crippen LogP contribution in [0.2, 0.25) is 0 Å². The van der Waals surface area contributed by atoms with Crippen molar-refractivity contribution < 1.29 is 4.79 Å². The summed E-state index contributed by atoms with van der Waals surface area (Å²) >= 11 is 0. The van der Waals surface area contributed by atoms with Gasteiger partial charge in [-0.25, -0.2) is 4.98 Å². The van der Waals surface area contributed by atoms with Crippen LogP contribution in [0.15, 0.2) is 54.7 Å². The first-order chi connectivity index (χ1) is 14.1. The fraction of sp³-hybridized carbons (Fsp3) is 0.318. The van der Waals surface area contributed by atoms with E-state index in [9.17, 15) is 4.79 Å². The molecule has 1 fully saturated rings. The van der Waals surface area contributed by atoms with Gasteiger partial charge in [-0.3, -0.25) is 9.48 Å². The predicted octanol–water partition coefficient (Wildman–Crippen LogP) is 2.41. The molecule has 0 atom stereocenters. The number of pyridine rings is 1. The van der Waals surface area contributed by atoms with Gasteiger partial charge in [-0.2, -0.15) is 5.10 Å². The first-order valence-corrected chi connectivity index (χ1v) is 9.86. The predicted molar refractivity (Wildman–Crippen MR) is 114 cm³/mol. The Morgan fingerprint density at radius 2 is 1.79 bits per heavy atom. The van der Waals surface area contributed by atoms with Crippen LogP contribution >= 0.6 is 0 Å². The number of rotatable bonds is 5. The molecule has 3 aromatic rings. The number of amides is 1. The Labute approximate surface area is 171 Å². The third kappa shape index (κ3) is 4.63. The minimum Gasteiger partial charge on any atom is -0.368 e. The maximum atomic E-state index is 12.6. The number of aromatic nitrogens is 3. The molecular weight excluding hydrogens is 364 g/mol. The molecule has 7 heteroatoms. The highest BCUT2D eigenvalue weighted by Gasteiger charge is 2.16. The van der Waals surface area contributed by atoms with Crippen molar-refractivity contribution in [1.82, 2.24) is 19.7 Å². The number of benzene rings is 1. The molecule has 150 valence electrons. The minimum absolute atomic E-state index is 0.250. The van der Waals surface area contributed by atoms with Gasteiger partial charge in [0, 0.05) is 45.3 Å². The molecule has 0 saturated carbocycles. The molecule has 1 amide bonds. The van der Waals surface area contributed by atoms with Crippen molar-refractivity contribution >= 4 is 17.4 Å². The second-order valence-corrected chi connectivity index (χ2v) is 7.45. The zero-order valence-corrected chi connectivity index (χ0v) is 16.9. The lowest BCUT2D eigenvalue weighted by Gasteiger charge is -2.33. The van der Waals surface area contributed by atoms with E-state index in [1.807, 2.05) is 49.6 Å². The van der Waals surface area contributed by atoms with Crippen LogP contribution in [0.25, 0.3) is 0 Å². The summed E-state index contributed by atoms with van der Waals surface area (Å²) in [5, 5.41) is 7.21. The molecule has 1 N–H and O–H groups in total. The van der Waals surface area contributed by atoms with Gasteiger partial charge in [0.05, 0.1) is 11.9 Å². The zero-order chi connectivity index (χ0) is 20.2. The molecule has 2 aromatic heterocycles. The molecule has 7 nitrogen and oxygen atoms in total. The Hall–Kier alpha value is -3.19. The summed E-state index contributed by atoms with van der Waals surface area (Å²) in [6.45, 7) is 4.07. The maximum Gasteiger partial charge on any atom is 0.277 e. The molecule has 0 bridgehead atoms. The van der Waals surface area contributed by atoms with Gasteiger partial charge in [0.2, 0.25) is 0 Å². The number of piperazine rings is 1. The average Bonchev–Trinajstić information content (AvgIpc) is 3.10. The second kappa shape index (κ2) is 8.45. The monoisotopic (exact) mass is 390 g/mol. The molecule has 1 saturated heterocycles. The van der Waals surface area contributed by atoms with Gasteiger partial charge in [-0.1, -0.05) is 30.3 Å². The van der Waals surface area contributed by atoms with Gasteiger partial charge in [-0.15, -0.1) is 0 Å². The van der Waals surface area contributed by atoms with E-state index >= 15 is 0 Å². The maximum absolute atomic E-state index is 12.6. The SMILES string of the molecule is CN1CCN(c2ccc(NC(=O)c3cc(Cc4ccccc4)n(C)n3)nc2)CC1. The minimum atomic E-state index is -0.250. The van der Waals surface area contributed by atoms with Gasteiger partial charge >= 0.3 is 0 Å². The van der Waals surface area contributed by atoms with E-state index in [-0.39, 0.29) is 5.91 Å². The van der Waals surface area contributed by atoms with E-state index in [0.717, 1.165) is 44.0 Å². The number of hydrogen-bond acceptors (Lipinski definition) is 5. The van der Waals surface area contributed by atoms with Crippen molar-refractivity contribution in [2.75, 3.05) is 43.4 Å². The lowest BCUT2D eigenvalue weighted by Crippen LogP contribution is -2.44. The van der Waals surface area contributed by atoms with Crippen LogP contribution in [0.1, 0.15) is 21.7 Å². The fourth-order valence-electron chi connectivity index (χ4n) is 3.48. The van der Waals surface area contributed by atoms with Gasteiger partial charge < -0.3 is 15.1 Å². The van der Waals surface area contributed by atoms with Gasteiger partial charge in [0.15, 0.2) is 5.69 Å². The summed E-state index contributed by atoms with van der Waals surface area (Å²) in [4.78, 5) is 21.7. The molecule has 0 radical (unpaired) electrons. The molecule has 0 spiro atoms. The van der Waals surface area contributed by atoms with Crippen LogP contribution in [0.4, 0.5) is 11.5 Å². The van der Waals surface area contributed by atoms with E-state index in [2.05, 4.69) is 44.4 Å². The van der Waals surface area contributed by atoms with Crippen LogP contribution in [-0.2, 0) is 13.5 Å². The number of carbonyl (C=O) groups is 1. The van der Waals surface area contributed by atoms with Crippen molar-refractivity contribution in [1.29, 1.82) is 0 Å². The van der Waals surface area contributed by atoms with Crippen LogP contribution < -0.4 is 10.2 Å². The molecule has 0 unspecified atom stereocenters. The number of hydrogen-bond donors (Lipinski definition) is 1. The van der Waals surface area contributed by atoms with Crippen molar-refractivity contribution in [3.63, 3.8) is 0 Å².